The Morgan fingerprint density at radius 3 is 1.29 bits per heavy atom. The number of hydrogen-bond donors (Lipinski definition) is 2. The predicted molar refractivity (Wildman–Crippen MR) is 100 cm³/mol. The van der Waals surface area contributed by atoms with Crippen molar-refractivity contribution in [2.45, 2.75) is 110 Å². The van der Waals surface area contributed by atoms with Gasteiger partial charge in [-0.25, -0.2) is 4.79 Å². The Bertz CT molecular complexity index is 305. The van der Waals surface area contributed by atoms with Gasteiger partial charge in [0.05, 0.1) is 0 Å². The second kappa shape index (κ2) is 18.3. The molecule has 0 unspecified atom stereocenters. The Labute approximate surface area is 148 Å². The van der Waals surface area contributed by atoms with Crippen LogP contribution in [0.2, 0.25) is 0 Å². The van der Waals surface area contributed by atoms with Crippen LogP contribution in [0, 0.1) is 0 Å². The Morgan fingerprint density at radius 1 is 0.625 bits per heavy atom. The van der Waals surface area contributed by atoms with Crippen LogP contribution in [0.25, 0.3) is 0 Å². The van der Waals surface area contributed by atoms with Crippen LogP contribution in [0.15, 0.2) is 0 Å². The van der Waals surface area contributed by atoms with Crippen molar-refractivity contribution >= 4 is 11.9 Å². The van der Waals surface area contributed by atoms with Crippen molar-refractivity contribution in [2.24, 2.45) is 0 Å². The molecule has 4 heteroatoms. The average molecular weight is 342 g/mol. The lowest BCUT2D eigenvalue weighted by molar-refractivity contribution is -0.150. The molecular weight excluding hydrogens is 302 g/mol. The van der Waals surface area contributed by atoms with Gasteiger partial charge >= 0.3 is 11.9 Å². The van der Waals surface area contributed by atoms with Crippen molar-refractivity contribution in [2.75, 3.05) is 6.54 Å². The van der Waals surface area contributed by atoms with Gasteiger partial charge in [0, 0.05) is 6.54 Å². The molecule has 0 aliphatic heterocycles. The van der Waals surface area contributed by atoms with Crippen LogP contribution in [0.3, 0.4) is 0 Å². The van der Waals surface area contributed by atoms with Crippen LogP contribution in [0.1, 0.15) is 110 Å². The normalized spacial score (nSPS) is 10.7. The number of aliphatic carboxylic acids is 1. The standard InChI is InChI=1S/C20H39NO3/c1-2-3-4-5-6-7-8-9-10-11-12-13-14-15-16-17-18-21-19(22)20(23)24/h2-18H2,1H3,(H,21,22)(H,23,24). The molecule has 0 spiro atoms. The first-order valence-electron chi connectivity index (χ1n) is 10.2. The van der Waals surface area contributed by atoms with E-state index in [0.717, 1.165) is 12.8 Å². The molecule has 0 aromatic heterocycles. The molecule has 0 aliphatic rings. The zero-order chi connectivity index (χ0) is 17.9. The molecule has 0 bridgehead atoms. The highest BCUT2D eigenvalue weighted by molar-refractivity contribution is 6.31. The lowest BCUT2D eigenvalue weighted by Gasteiger charge is -2.04. The molecule has 0 aliphatic carbocycles. The van der Waals surface area contributed by atoms with Crippen molar-refractivity contribution in [3.63, 3.8) is 0 Å². The topological polar surface area (TPSA) is 66.4 Å². The number of rotatable bonds is 17. The number of carbonyl (C=O) groups excluding carboxylic acids is 1. The summed E-state index contributed by atoms with van der Waals surface area (Å²) < 4.78 is 0. The number of carboxylic acid groups (broad SMARTS) is 1. The van der Waals surface area contributed by atoms with E-state index in [1.165, 1.54) is 89.9 Å². The fourth-order valence-corrected chi connectivity index (χ4v) is 2.95. The molecule has 0 aromatic carbocycles. The fraction of sp³-hybridized carbons (Fsp3) is 0.900. The molecule has 142 valence electrons. The summed E-state index contributed by atoms with van der Waals surface area (Å²) in [6, 6.07) is 0. The minimum atomic E-state index is -1.40. The molecule has 0 rings (SSSR count). The maximum atomic E-state index is 10.8. The van der Waals surface area contributed by atoms with E-state index in [1.54, 1.807) is 0 Å². The van der Waals surface area contributed by atoms with Gasteiger partial charge in [0.2, 0.25) is 0 Å². The fourth-order valence-electron chi connectivity index (χ4n) is 2.95. The summed E-state index contributed by atoms with van der Waals surface area (Å²) in [5, 5.41) is 10.8. The van der Waals surface area contributed by atoms with Crippen LogP contribution in [-0.4, -0.2) is 23.5 Å². The summed E-state index contributed by atoms with van der Waals surface area (Å²) in [6.45, 7) is 2.74. The summed E-state index contributed by atoms with van der Waals surface area (Å²) in [6.07, 6.45) is 21.0. The highest BCUT2D eigenvalue weighted by Crippen LogP contribution is 2.13. The third kappa shape index (κ3) is 17.3. The third-order valence-corrected chi connectivity index (χ3v) is 4.51. The zero-order valence-corrected chi connectivity index (χ0v) is 15.8. The highest BCUT2D eigenvalue weighted by Gasteiger charge is 2.08. The van der Waals surface area contributed by atoms with E-state index in [4.69, 9.17) is 5.11 Å². The molecule has 0 heterocycles. The second-order valence-corrected chi connectivity index (χ2v) is 6.86. The van der Waals surface area contributed by atoms with Crippen LogP contribution in [-0.2, 0) is 9.59 Å². The minimum Gasteiger partial charge on any atom is -0.474 e. The molecule has 0 saturated carbocycles. The van der Waals surface area contributed by atoms with Gasteiger partial charge in [0.25, 0.3) is 0 Å². The van der Waals surface area contributed by atoms with Crippen molar-refractivity contribution < 1.29 is 14.7 Å². The lowest BCUT2D eigenvalue weighted by Crippen LogP contribution is -2.31. The zero-order valence-electron chi connectivity index (χ0n) is 15.8. The van der Waals surface area contributed by atoms with Gasteiger partial charge in [-0.15, -0.1) is 0 Å². The van der Waals surface area contributed by atoms with Crippen LogP contribution >= 0.6 is 0 Å². The smallest absolute Gasteiger partial charge is 0.394 e. The van der Waals surface area contributed by atoms with Gasteiger partial charge in [0.15, 0.2) is 0 Å². The molecule has 0 atom stereocenters. The Hall–Kier alpha value is -1.06. The maximum Gasteiger partial charge on any atom is 0.394 e. The number of carbonyl (C=O) groups is 2. The first-order valence-corrected chi connectivity index (χ1v) is 10.2. The summed E-state index contributed by atoms with van der Waals surface area (Å²) >= 11 is 0. The first-order chi connectivity index (χ1) is 11.7. The molecule has 0 saturated heterocycles. The summed E-state index contributed by atoms with van der Waals surface area (Å²) in [7, 11) is 0. The van der Waals surface area contributed by atoms with Crippen LogP contribution in [0.4, 0.5) is 0 Å². The highest BCUT2D eigenvalue weighted by atomic mass is 16.4. The van der Waals surface area contributed by atoms with E-state index in [1.807, 2.05) is 0 Å². The van der Waals surface area contributed by atoms with Gasteiger partial charge in [-0.2, -0.15) is 0 Å². The van der Waals surface area contributed by atoms with E-state index in [-0.39, 0.29) is 0 Å². The maximum absolute atomic E-state index is 10.8. The lowest BCUT2D eigenvalue weighted by atomic mass is 10.0. The van der Waals surface area contributed by atoms with E-state index in [0.29, 0.717) is 6.54 Å². The van der Waals surface area contributed by atoms with Crippen LogP contribution < -0.4 is 5.32 Å². The molecule has 24 heavy (non-hydrogen) atoms. The number of hydrogen-bond acceptors (Lipinski definition) is 2. The van der Waals surface area contributed by atoms with Crippen LogP contribution in [0.5, 0.6) is 0 Å². The van der Waals surface area contributed by atoms with Gasteiger partial charge in [-0.05, 0) is 6.42 Å². The van der Waals surface area contributed by atoms with E-state index in [9.17, 15) is 9.59 Å². The van der Waals surface area contributed by atoms with Crippen molar-refractivity contribution in [1.82, 2.24) is 5.32 Å². The van der Waals surface area contributed by atoms with Gasteiger partial charge in [0.1, 0.15) is 0 Å². The van der Waals surface area contributed by atoms with Gasteiger partial charge < -0.3 is 10.4 Å². The number of amides is 1. The number of unbranched alkanes of at least 4 members (excludes halogenated alkanes) is 15. The van der Waals surface area contributed by atoms with E-state index in [2.05, 4.69) is 12.2 Å². The van der Waals surface area contributed by atoms with E-state index >= 15 is 0 Å². The minimum absolute atomic E-state index is 0.476. The monoisotopic (exact) mass is 341 g/mol. The SMILES string of the molecule is CCCCCCCCCCCCCCCCCCNC(=O)C(=O)O. The molecule has 1 amide bonds. The number of carboxylic acids is 1. The molecule has 4 nitrogen and oxygen atoms in total. The molecule has 2 N–H and O–H groups in total. The van der Waals surface area contributed by atoms with Gasteiger partial charge in [-0.3, -0.25) is 4.79 Å². The summed E-state index contributed by atoms with van der Waals surface area (Å²) in [5.41, 5.74) is 0. The summed E-state index contributed by atoms with van der Waals surface area (Å²) in [4.78, 5) is 21.1. The second-order valence-electron chi connectivity index (χ2n) is 6.86. The number of nitrogens with one attached hydrogen (secondary N) is 1. The third-order valence-electron chi connectivity index (χ3n) is 4.51. The molecule has 0 aromatic rings. The van der Waals surface area contributed by atoms with Crippen molar-refractivity contribution in [3.8, 4) is 0 Å². The largest absolute Gasteiger partial charge is 0.474 e. The first kappa shape index (κ1) is 22.9. The van der Waals surface area contributed by atoms with Crippen molar-refractivity contribution in [3.05, 3.63) is 0 Å². The Balaban J connectivity index is 3.05. The average Bonchev–Trinajstić information content (AvgIpc) is 2.57. The van der Waals surface area contributed by atoms with E-state index < -0.39 is 11.9 Å². The predicted octanol–water partition coefficient (Wildman–Crippen LogP) is 5.45. The Morgan fingerprint density at radius 2 is 0.958 bits per heavy atom. The quantitative estimate of drug-likeness (QED) is 0.273. The van der Waals surface area contributed by atoms with Crippen molar-refractivity contribution in [1.29, 1.82) is 0 Å². The molecule has 0 fully saturated rings. The summed E-state index contributed by atoms with van der Waals surface area (Å²) in [5.74, 6) is -2.29. The molecular formula is C20H39NO3. The molecule has 0 radical (unpaired) electrons. The van der Waals surface area contributed by atoms with Gasteiger partial charge in [-0.1, -0.05) is 103 Å². The Kier molecular flexibility index (Phi) is 17.5.